The lowest BCUT2D eigenvalue weighted by Gasteiger charge is -2.14. The molecule has 0 spiro atoms. The molecule has 0 saturated carbocycles. The first-order valence-electron chi connectivity index (χ1n) is 14.2. The maximum Gasteiger partial charge on any atom is 0.135 e. The lowest BCUT2D eigenvalue weighted by Crippen LogP contribution is -2.20. The number of likely N-dealkylation sites (tertiary alicyclic amines) is 1. The molecule has 1 aliphatic rings. The second-order valence-electron chi connectivity index (χ2n) is 10.4. The Kier molecular flexibility index (Phi) is 8.85. The van der Waals surface area contributed by atoms with E-state index in [0.717, 1.165) is 80.7 Å². The van der Waals surface area contributed by atoms with Gasteiger partial charge in [0.25, 0.3) is 0 Å². The van der Waals surface area contributed by atoms with E-state index < -0.39 is 0 Å². The molecule has 0 atom stereocenters. The molecule has 0 amide bonds. The number of allylic oxidation sites excluding steroid dienone is 4. The van der Waals surface area contributed by atoms with Gasteiger partial charge >= 0.3 is 0 Å². The molecule has 0 radical (unpaired) electrons. The second-order valence-corrected chi connectivity index (χ2v) is 10.4. The highest BCUT2D eigenvalue weighted by Gasteiger charge is 2.17. The van der Waals surface area contributed by atoms with Crippen LogP contribution in [-0.2, 0) is 6.42 Å². The van der Waals surface area contributed by atoms with Gasteiger partial charge in [0.15, 0.2) is 0 Å². The summed E-state index contributed by atoms with van der Waals surface area (Å²) >= 11 is 0. The van der Waals surface area contributed by atoms with Crippen LogP contribution < -0.4 is 0 Å². The number of aryl methyl sites for hydroxylation is 1. The Bertz CT molecular complexity index is 1700. The standard InChI is InChI=1S/C31H31FN6.C3H6/c1-3-21(4-2)26-9-10-27-30(35-26)31(37-36-27)28-17-24-25(18-33-19-29(24)34-28)22-14-20(15-23(32)16-22)8-7-13-38-11-5-6-12-38;1-3-2/h3-4,9-10,14-19,34H,1,5-8,11-13H2,2H3,(H,36,37);3H,1H2,2H3/b21-4+;. The number of benzene rings is 1. The molecule has 0 aliphatic carbocycles. The molecular formula is C34H37FN6. The maximum atomic E-state index is 14.7. The van der Waals surface area contributed by atoms with E-state index in [4.69, 9.17) is 4.98 Å². The number of H-pyrrole nitrogens is 2. The topological polar surface area (TPSA) is 73.5 Å². The van der Waals surface area contributed by atoms with E-state index in [9.17, 15) is 4.39 Å². The number of hydrogen-bond acceptors (Lipinski definition) is 4. The van der Waals surface area contributed by atoms with Gasteiger partial charge < -0.3 is 9.88 Å². The minimum Gasteiger partial charge on any atom is -0.352 e. The number of pyridine rings is 2. The minimum atomic E-state index is -0.219. The average molecular weight is 549 g/mol. The second kappa shape index (κ2) is 12.9. The third-order valence-corrected chi connectivity index (χ3v) is 7.44. The Hall–Kier alpha value is -4.36. The van der Waals surface area contributed by atoms with Gasteiger partial charge in [0.1, 0.15) is 17.0 Å². The molecule has 1 aromatic carbocycles. The molecule has 210 valence electrons. The highest BCUT2D eigenvalue weighted by atomic mass is 19.1. The highest BCUT2D eigenvalue weighted by molar-refractivity contribution is 6.00. The molecule has 4 aromatic heterocycles. The van der Waals surface area contributed by atoms with Gasteiger partial charge in [-0.05, 0) is 106 Å². The molecule has 1 saturated heterocycles. The number of aromatic nitrogens is 5. The van der Waals surface area contributed by atoms with Gasteiger partial charge in [-0.1, -0.05) is 30.9 Å². The zero-order valence-corrected chi connectivity index (χ0v) is 23.9. The normalized spacial score (nSPS) is 13.9. The van der Waals surface area contributed by atoms with Gasteiger partial charge in [-0.15, -0.1) is 6.58 Å². The molecule has 5 aromatic rings. The van der Waals surface area contributed by atoms with Crippen LogP contribution in [0.3, 0.4) is 0 Å². The van der Waals surface area contributed by atoms with Crippen molar-refractivity contribution in [1.82, 2.24) is 30.0 Å². The van der Waals surface area contributed by atoms with Crippen molar-refractivity contribution in [2.75, 3.05) is 19.6 Å². The van der Waals surface area contributed by atoms with Crippen molar-refractivity contribution in [3.63, 3.8) is 0 Å². The molecule has 1 aliphatic heterocycles. The first kappa shape index (κ1) is 28.2. The molecule has 6 rings (SSSR count). The SMILES string of the molecule is C=C/C(=C\C)c1ccc2[nH]nc(-c3cc4c(-c5cc(F)cc(CCCN6CCCC6)c5)cncc4[nH]3)c2n1.C=CC. The van der Waals surface area contributed by atoms with Crippen molar-refractivity contribution in [3.05, 3.63) is 97.3 Å². The summed E-state index contributed by atoms with van der Waals surface area (Å²) in [5.74, 6) is -0.219. The molecular weight excluding hydrogens is 511 g/mol. The third kappa shape index (κ3) is 6.20. The lowest BCUT2D eigenvalue weighted by molar-refractivity contribution is 0.334. The summed E-state index contributed by atoms with van der Waals surface area (Å²) in [6, 6.07) is 11.3. The van der Waals surface area contributed by atoms with E-state index in [0.29, 0.717) is 0 Å². The van der Waals surface area contributed by atoms with Crippen LogP contribution in [0.2, 0.25) is 0 Å². The number of hydrogen-bond donors (Lipinski definition) is 2. The summed E-state index contributed by atoms with van der Waals surface area (Å²) in [6.07, 6.45) is 13.6. The molecule has 0 bridgehead atoms. The molecule has 6 nitrogen and oxygen atoms in total. The van der Waals surface area contributed by atoms with E-state index in [1.54, 1.807) is 30.5 Å². The van der Waals surface area contributed by atoms with Crippen molar-refractivity contribution in [2.45, 2.75) is 39.5 Å². The Labute approximate surface area is 240 Å². The van der Waals surface area contributed by atoms with Gasteiger partial charge in [-0.2, -0.15) is 5.10 Å². The van der Waals surface area contributed by atoms with Crippen molar-refractivity contribution in [2.24, 2.45) is 0 Å². The Morgan fingerprint density at radius 2 is 1.85 bits per heavy atom. The maximum absolute atomic E-state index is 14.7. The van der Waals surface area contributed by atoms with Crippen LogP contribution in [-0.4, -0.2) is 49.7 Å². The minimum absolute atomic E-state index is 0.219. The fraction of sp³-hybridized carbons (Fsp3) is 0.265. The first-order valence-corrected chi connectivity index (χ1v) is 14.2. The van der Waals surface area contributed by atoms with Crippen LogP contribution in [0.15, 0.2) is 80.2 Å². The summed E-state index contributed by atoms with van der Waals surface area (Å²) in [5, 5.41) is 8.62. The zero-order valence-electron chi connectivity index (χ0n) is 23.9. The predicted octanol–water partition coefficient (Wildman–Crippen LogP) is 8.12. The predicted molar refractivity (Wildman–Crippen MR) is 168 cm³/mol. The first-order chi connectivity index (χ1) is 20.0. The van der Waals surface area contributed by atoms with E-state index in [1.165, 1.54) is 25.9 Å². The number of nitrogens with zero attached hydrogens (tertiary/aromatic N) is 4. The number of rotatable bonds is 8. The Balaban J connectivity index is 0.00000108. The molecule has 2 N–H and O–H groups in total. The van der Waals surface area contributed by atoms with Gasteiger partial charge in [0.05, 0.1) is 28.6 Å². The lowest BCUT2D eigenvalue weighted by atomic mass is 9.99. The Morgan fingerprint density at radius 1 is 1.05 bits per heavy atom. The summed E-state index contributed by atoms with van der Waals surface area (Å²) < 4.78 is 14.7. The van der Waals surface area contributed by atoms with Gasteiger partial charge in [0.2, 0.25) is 0 Å². The Morgan fingerprint density at radius 3 is 2.61 bits per heavy atom. The van der Waals surface area contributed by atoms with E-state index >= 15 is 0 Å². The monoisotopic (exact) mass is 548 g/mol. The highest BCUT2D eigenvalue weighted by Crippen LogP contribution is 2.34. The van der Waals surface area contributed by atoms with Crippen LogP contribution in [0.25, 0.3) is 50.0 Å². The molecule has 5 heterocycles. The van der Waals surface area contributed by atoms with Crippen LogP contribution in [0.1, 0.15) is 44.4 Å². The van der Waals surface area contributed by atoms with Crippen LogP contribution >= 0.6 is 0 Å². The summed E-state index contributed by atoms with van der Waals surface area (Å²) in [4.78, 5) is 15.3. The molecule has 0 unspecified atom stereocenters. The van der Waals surface area contributed by atoms with Crippen LogP contribution in [0.5, 0.6) is 0 Å². The average Bonchev–Trinajstić information content (AvgIpc) is 3.73. The van der Waals surface area contributed by atoms with Crippen LogP contribution in [0, 0.1) is 5.82 Å². The van der Waals surface area contributed by atoms with Crippen molar-refractivity contribution in [1.29, 1.82) is 0 Å². The fourth-order valence-electron chi connectivity index (χ4n) is 5.49. The number of halogens is 1. The molecule has 1 fully saturated rings. The van der Waals surface area contributed by atoms with Crippen molar-refractivity contribution in [3.8, 4) is 22.5 Å². The number of nitrogens with one attached hydrogen (secondary N) is 2. The third-order valence-electron chi connectivity index (χ3n) is 7.44. The molecule has 7 heteroatoms. The summed E-state index contributed by atoms with van der Waals surface area (Å²) in [5.41, 5.74) is 8.59. The van der Waals surface area contributed by atoms with E-state index in [-0.39, 0.29) is 5.82 Å². The fourth-order valence-corrected chi connectivity index (χ4v) is 5.49. The van der Waals surface area contributed by atoms with Crippen molar-refractivity contribution < 1.29 is 4.39 Å². The van der Waals surface area contributed by atoms with E-state index in [1.807, 2.05) is 38.3 Å². The van der Waals surface area contributed by atoms with Gasteiger partial charge in [-0.3, -0.25) is 10.1 Å². The summed E-state index contributed by atoms with van der Waals surface area (Å²) in [7, 11) is 0. The number of fused-ring (bicyclic) bond motifs is 2. The van der Waals surface area contributed by atoms with Gasteiger partial charge in [-0.25, -0.2) is 9.37 Å². The largest absolute Gasteiger partial charge is 0.352 e. The summed E-state index contributed by atoms with van der Waals surface area (Å²) in [6.45, 7) is 14.6. The van der Waals surface area contributed by atoms with Crippen LogP contribution in [0.4, 0.5) is 4.39 Å². The quantitative estimate of drug-likeness (QED) is 0.152. The molecule has 41 heavy (non-hydrogen) atoms. The number of aromatic amines is 2. The smallest absolute Gasteiger partial charge is 0.135 e. The van der Waals surface area contributed by atoms with Gasteiger partial charge in [0, 0.05) is 17.1 Å². The zero-order chi connectivity index (χ0) is 28.8. The van der Waals surface area contributed by atoms with Crippen molar-refractivity contribution >= 4 is 27.5 Å². The van der Waals surface area contributed by atoms with E-state index in [2.05, 4.69) is 50.4 Å².